The lowest BCUT2D eigenvalue weighted by Crippen LogP contribution is -2.49. The van der Waals surface area contributed by atoms with Crippen LogP contribution < -0.4 is 4.90 Å². The van der Waals surface area contributed by atoms with Crippen molar-refractivity contribution >= 4 is 17.5 Å². The first-order valence-corrected chi connectivity index (χ1v) is 10.0. The Hall–Kier alpha value is -3.82. The van der Waals surface area contributed by atoms with Crippen LogP contribution >= 0.6 is 0 Å². The largest absolute Gasteiger partial charge is 0.337 e. The first-order valence-electron chi connectivity index (χ1n) is 10.0. The number of nitro groups is 1. The van der Waals surface area contributed by atoms with E-state index in [1.807, 2.05) is 17.0 Å². The number of piperazine rings is 1. The molecule has 3 heterocycles. The number of hydrogen-bond donors (Lipinski definition) is 0. The monoisotopic (exact) mass is 421 g/mol. The van der Waals surface area contributed by atoms with Crippen molar-refractivity contribution in [1.29, 1.82) is 0 Å². The second kappa shape index (κ2) is 8.50. The van der Waals surface area contributed by atoms with Gasteiger partial charge in [-0.15, -0.1) is 0 Å². The number of anilines is 1. The molecule has 0 N–H and O–H groups in total. The second-order valence-corrected chi connectivity index (χ2v) is 7.46. The van der Waals surface area contributed by atoms with E-state index in [4.69, 9.17) is 0 Å². The highest BCUT2D eigenvalue weighted by Crippen LogP contribution is 2.22. The van der Waals surface area contributed by atoms with E-state index >= 15 is 0 Å². The summed E-state index contributed by atoms with van der Waals surface area (Å²) >= 11 is 0. The molecular weight excluding hydrogens is 398 g/mol. The minimum atomic E-state index is -0.403. The van der Waals surface area contributed by atoms with Gasteiger partial charge >= 0.3 is 5.69 Å². The van der Waals surface area contributed by atoms with Crippen LogP contribution in [0.1, 0.15) is 27.3 Å². The third-order valence-electron chi connectivity index (χ3n) is 5.46. The number of carbonyl (C=O) groups is 1. The fourth-order valence-electron chi connectivity index (χ4n) is 3.78. The predicted molar refractivity (Wildman–Crippen MR) is 114 cm³/mol. The Morgan fingerprint density at radius 3 is 2.29 bits per heavy atom. The molecule has 0 aliphatic carbocycles. The van der Waals surface area contributed by atoms with Gasteiger partial charge in [0.1, 0.15) is 11.4 Å². The third-order valence-corrected chi connectivity index (χ3v) is 5.46. The average Bonchev–Trinajstić information content (AvgIpc) is 3.07. The number of carbonyl (C=O) groups excluding carboxylic acids is 1. The number of nitrogens with zero attached hydrogens (tertiary/aromatic N) is 7. The van der Waals surface area contributed by atoms with Crippen LogP contribution in [0, 0.1) is 24.0 Å². The van der Waals surface area contributed by atoms with Crippen LogP contribution in [0.15, 0.2) is 42.7 Å². The van der Waals surface area contributed by atoms with Crippen LogP contribution in [-0.2, 0) is 6.54 Å². The van der Waals surface area contributed by atoms with Gasteiger partial charge in [0, 0.05) is 44.1 Å². The van der Waals surface area contributed by atoms with Gasteiger partial charge in [-0.25, -0.2) is 9.97 Å². The smallest absolute Gasteiger partial charge is 0.312 e. The van der Waals surface area contributed by atoms with Crippen molar-refractivity contribution in [2.45, 2.75) is 20.4 Å². The van der Waals surface area contributed by atoms with Crippen molar-refractivity contribution in [2.75, 3.05) is 31.1 Å². The minimum absolute atomic E-state index is 0.0121. The van der Waals surface area contributed by atoms with Gasteiger partial charge in [0.15, 0.2) is 0 Å². The lowest BCUT2D eigenvalue weighted by molar-refractivity contribution is -0.386. The maximum atomic E-state index is 12.9. The minimum Gasteiger partial charge on any atom is -0.337 e. The summed E-state index contributed by atoms with van der Waals surface area (Å²) in [5.41, 5.74) is 2.50. The van der Waals surface area contributed by atoms with Crippen molar-refractivity contribution in [1.82, 2.24) is 24.6 Å². The molecule has 0 radical (unpaired) electrons. The van der Waals surface area contributed by atoms with Gasteiger partial charge in [0.2, 0.25) is 5.95 Å². The molecule has 2 aromatic heterocycles. The quantitative estimate of drug-likeness (QED) is 0.459. The van der Waals surface area contributed by atoms with E-state index in [0.717, 1.165) is 5.56 Å². The summed E-state index contributed by atoms with van der Waals surface area (Å²) in [7, 11) is 0. The second-order valence-electron chi connectivity index (χ2n) is 7.46. The van der Waals surface area contributed by atoms with Crippen molar-refractivity contribution in [3.05, 3.63) is 75.4 Å². The van der Waals surface area contributed by atoms with Gasteiger partial charge in [-0.1, -0.05) is 12.1 Å². The van der Waals surface area contributed by atoms with Crippen LogP contribution in [-0.4, -0.2) is 61.7 Å². The summed E-state index contributed by atoms with van der Waals surface area (Å²) in [5, 5.41) is 15.5. The molecule has 10 heteroatoms. The zero-order valence-electron chi connectivity index (χ0n) is 17.4. The molecule has 1 saturated heterocycles. The molecule has 0 unspecified atom stereocenters. The molecule has 160 valence electrons. The highest BCUT2D eigenvalue weighted by Gasteiger charge is 2.24. The summed E-state index contributed by atoms with van der Waals surface area (Å²) < 4.78 is 1.62. The van der Waals surface area contributed by atoms with E-state index in [9.17, 15) is 14.9 Å². The van der Waals surface area contributed by atoms with Gasteiger partial charge in [0.25, 0.3) is 5.91 Å². The van der Waals surface area contributed by atoms with Crippen LogP contribution in [0.5, 0.6) is 0 Å². The van der Waals surface area contributed by atoms with E-state index in [1.54, 1.807) is 49.1 Å². The normalized spacial score (nSPS) is 14.0. The lowest BCUT2D eigenvalue weighted by Gasteiger charge is -2.34. The van der Waals surface area contributed by atoms with Crippen LogP contribution in [0.2, 0.25) is 0 Å². The fraction of sp³-hybridized carbons (Fsp3) is 0.333. The highest BCUT2D eigenvalue weighted by atomic mass is 16.6. The topological polar surface area (TPSA) is 110 Å². The number of aromatic nitrogens is 4. The molecule has 1 amide bonds. The summed E-state index contributed by atoms with van der Waals surface area (Å²) in [6.07, 6.45) is 3.43. The molecule has 4 rings (SSSR count). The molecule has 0 bridgehead atoms. The molecule has 1 fully saturated rings. The Balaban J connectivity index is 1.39. The molecule has 31 heavy (non-hydrogen) atoms. The Labute approximate surface area is 179 Å². The average molecular weight is 421 g/mol. The summed E-state index contributed by atoms with van der Waals surface area (Å²) in [5.74, 6) is 0.672. The third kappa shape index (κ3) is 4.23. The van der Waals surface area contributed by atoms with E-state index in [2.05, 4.69) is 20.0 Å². The standard InChI is InChI=1S/C21H23N7O3/c1-15-19(28(30)31)16(2)27(24-15)14-17-4-6-18(7-5-17)20(29)25-10-12-26(13-11-25)21-22-8-3-9-23-21/h3-9H,10-14H2,1-2H3. The van der Waals surface area contributed by atoms with Gasteiger partial charge in [0.05, 0.1) is 11.5 Å². The maximum Gasteiger partial charge on any atom is 0.312 e. The molecule has 1 aromatic carbocycles. The lowest BCUT2D eigenvalue weighted by atomic mass is 10.1. The Morgan fingerprint density at radius 2 is 1.71 bits per heavy atom. The highest BCUT2D eigenvalue weighted by molar-refractivity contribution is 5.94. The first kappa shape index (κ1) is 20.5. The van der Waals surface area contributed by atoms with E-state index in [-0.39, 0.29) is 11.6 Å². The summed E-state index contributed by atoms with van der Waals surface area (Å²) in [4.78, 5) is 36.1. The van der Waals surface area contributed by atoms with Crippen LogP contribution in [0.3, 0.4) is 0 Å². The molecule has 3 aromatic rings. The van der Waals surface area contributed by atoms with Gasteiger partial charge in [-0.3, -0.25) is 19.6 Å². The first-order chi connectivity index (χ1) is 14.9. The Kier molecular flexibility index (Phi) is 5.61. The maximum absolute atomic E-state index is 12.9. The molecule has 1 aliphatic rings. The van der Waals surface area contributed by atoms with Crippen molar-refractivity contribution in [3.63, 3.8) is 0 Å². The van der Waals surface area contributed by atoms with Gasteiger partial charge in [-0.05, 0) is 37.6 Å². The molecule has 0 spiro atoms. The number of amides is 1. The van der Waals surface area contributed by atoms with Crippen molar-refractivity contribution in [3.8, 4) is 0 Å². The Morgan fingerprint density at radius 1 is 1.06 bits per heavy atom. The van der Waals surface area contributed by atoms with Gasteiger partial charge in [-0.2, -0.15) is 5.10 Å². The molecule has 1 aliphatic heterocycles. The van der Waals surface area contributed by atoms with Crippen molar-refractivity contribution < 1.29 is 9.72 Å². The summed E-state index contributed by atoms with van der Waals surface area (Å²) in [6.45, 7) is 6.31. The number of aryl methyl sites for hydroxylation is 1. The zero-order valence-corrected chi connectivity index (χ0v) is 17.4. The van der Waals surface area contributed by atoms with Gasteiger partial charge < -0.3 is 9.80 Å². The fourth-order valence-corrected chi connectivity index (χ4v) is 3.78. The molecular formula is C21H23N7O3. The number of benzene rings is 1. The molecule has 0 saturated carbocycles. The molecule has 0 atom stereocenters. The Bertz CT molecular complexity index is 1090. The predicted octanol–water partition coefficient (Wildman–Crippen LogP) is 2.21. The van der Waals surface area contributed by atoms with E-state index < -0.39 is 4.92 Å². The van der Waals surface area contributed by atoms with E-state index in [0.29, 0.717) is 55.6 Å². The van der Waals surface area contributed by atoms with E-state index in [1.165, 1.54) is 0 Å². The van der Waals surface area contributed by atoms with Crippen molar-refractivity contribution in [2.24, 2.45) is 0 Å². The van der Waals surface area contributed by atoms with Crippen LogP contribution in [0.4, 0.5) is 11.6 Å². The number of rotatable bonds is 5. The number of hydrogen-bond acceptors (Lipinski definition) is 7. The zero-order chi connectivity index (χ0) is 22.0. The SMILES string of the molecule is Cc1nn(Cc2ccc(C(=O)N3CCN(c4ncccn4)CC3)cc2)c(C)c1[N+](=O)[O-]. The van der Waals surface area contributed by atoms with Crippen LogP contribution in [0.25, 0.3) is 0 Å². The molecule has 10 nitrogen and oxygen atoms in total. The summed E-state index contributed by atoms with van der Waals surface area (Å²) in [6, 6.07) is 9.10.